The molecule has 0 unspecified atom stereocenters. The van der Waals surface area contributed by atoms with Crippen LogP contribution in [0, 0.1) is 13.8 Å². The molecule has 4 rings (SSSR count). The third-order valence-corrected chi connectivity index (χ3v) is 4.56. The summed E-state index contributed by atoms with van der Waals surface area (Å²) in [6.45, 7) is 3.93. The van der Waals surface area contributed by atoms with E-state index in [9.17, 15) is 4.79 Å². The van der Waals surface area contributed by atoms with Gasteiger partial charge in [0.15, 0.2) is 0 Å². The first-order chi connectivity index (χ1) is 13.6. The molecule has 4 nitrogen and oxygen atoms in total. The Morgan fingerprint density at radius 3 is 2.14 bits per heavy atom. The molecule has 0 aliphatic rings. The average molecular weight is 368 g/mol. The molecule has 4 heteroatoms. The summed E-state index contributed by atoms with van der Waals surface area (Å²) >= 11 is 0. The average Bonchev–Trinajstić information content (AvgIpc) is 3.07. The van der Waals surface area contributed by atoms with Crippen LogP contribution < -0.4 is 4.74 Å². The van der Waals surface area contributed by atoms with Crippen molar-refractivity contribution in [1.82, 2.24) is 9.55 Å². The molecule has 1 heterocycles. The maximum absolute atomic E-state index is 13.0. The number of ether oxygens (including phenoxy) is 1. The standard InChI is InChI=1S/C24H20N2O2/c1-17-10-9-13-20(16-17)22-18(2)26(23(25-22)19-11-5-3-6-12-19)24(27)28-21-14-7-4-8-15-21/h3-16H,1-2H3. The minimum Gasteiger partial charge on any atom is -0.410 e. The molecule has 138 valence electrons. The van der Waals surface area contributed by atoms with Crippen LogP contribution in [0.5, 0.6) is 5.75 Å². The lowest BCUT2D eigenvalue weighted by Gasteiger charge is -2.09. The van der Waals surface area contributed by atoms with E-state index in [1.54, 1.807) is 16.7 Å². The van der Waals surface area contributed by atoms with Crippen LogP contribution in [-0.2, 0) is 0 Å². The molecule has 0 saturated carbocycles. The van der Waals surface area contributed by atoms with Crippen molar-refractivity contribution < 1.29 is 9.53 Å². The molecule has 0 aliphatic heterocycles. The van der Waals surface area contributed by atoms with E-state index in [-0.39, 0.29) is 0 Å². The maximum atomic E-state index is 13.0. The Labute approximate surface area is 164 Å². The van der Waals surface area contributed by atoms with Crippen molar-refractivity contribution in [2.24, 2.45) is 0 Å². The first-order valence-electron chi connectivity index (χ1n) is 9.12. The zero-order valence-corrected chi connectivity index (χ0v) is 15.8. The van der Waals surface area contributed by atoms with E-state index >= 15 is 0 Å². The molecule has 0 atom stereocenters. The Morgan fingerprint density at radius 1 is 0.821 bits per heavy atom. The van der Waals surface area contributed by atoms with Crippen molar-refractivity contribution in [2.45, 2.75) is 13.8 Å². The van der Waals surface area contributed by atoms with Gasteiger partial charge in [0.1, 0.15) is 11.6 Å². The summed E-state index contributed by atoms with van der Waals surface area (Å²) in [5.41, 5.74) is 4.48. The van der Waals surface area contributed by atoms with Crippen LogP contribution in [0.25, 0.3) is 22.6 Å². The Hall–Kier alpha value is -3.66. The van der Waals surface area contributed by atoms with Crippen molar-refractivity contribution in [1.29, 1.82) is 0 Å². The molecule has 0 saturated heterocycles. The zero-order valence-electron chi connectivity index (χ0n) is 15.8. The Bertz CT molecular complexity index is 1120. The van der Waals surface area contributed by atoms with Crippen molar-refractivity contribution in [3.05, 3.63) is 96.2 Å². The van der Waals surface area contributed by atoms with E-state index in [0.717, 1.165) is 28.1 Å². The highest BCUT2D eigenvalue weighted by atomic mass is 16.6. The highest BCUT2D eigenvalue weighted by molar-refractivity contribution is 5.83. The summed E-state index contributed by atoms with van der Waals surface area (Å²) in [5, 5.41) is 0. The van der Waals surface area contributed by atoms with Gasteiger partial charge in [-0.05, 0) is 32.0 Å². The van der Waals surface area contributed by atoms with Gasteiger partial charge in [0.2, 0.25) is 0 Å². The first kappa shape index (κ1) is 17.7. The Kier molecular flexibility index (Phi) is 4.77. The van der Waals surface area contributed by atoms with Crippen LogP contribution in [0.15, 0.2) is 84.9 Å². The maximum Gasteiger partial charge on any atom is 0.425 e. The summed E-state index contributed by atoms with van der Waals surface area (Å²) in [7, 11) is 0. The van der Waals surface area contributed by atoms with Crippen LogP contribution in [0.4, 0.5) is 4.79 Å². The second-order valence-electron chi connectivity index (χ2n) is 6.62. The van der Waals surface area contributed by atoms with Gasteiger partial charge < -0.3 is 4.74 Å². The van der Waals surface area contributed by atoms with Crippen LogP contribution in [-0.4, -0.2) is 15.6 Å². The molecular formula is C24H20N2O2. The van der Waals surface area contributed by atoms with Crippen molar-refractivity contribution in [3.8, 4) is 28.4 Å². The number of aromatic nitrogens is 2. The van der Waals surface area contributed by atoms with Crippen LogP contribution in [0.2, 0.25) is 0 Å². The predicted octanol–water partition coefficient (Wildman–Crippen LogP) is 5.88. The number of hydrogen-bond donors (Lipinski definition) is 0. The topological polar surface area (TPSA) is 44.1 Å². The highest BCUT2D eigenvalue weighted by Gasteiger charge is 2.22. The number of benzene rings is 3. The van der Waals surface area contributed by atoms with E-state index < -0.39 is 6.09 Å². The van der Waals surface area contributed by atoms with Gasteiger partial charge in [-0.3, -0.25) is 0 Å². The molecule has 0 aliphatic carbocycles. The Balaban J connectivity index is 1.84. The molecule has 0 spiro atoms. The number of aryl methyl sites for hydroxylation is 1. The van der Waals surface area contributed by atoms with Gasteiger partial charge in [0.05, 0.1) is 11.4 Å². The summed E-state index contributed by atoms with van der Waals surface area (Å²) in [5.74, 6) is 1.06. The molecule has 0 radical (unpaired) electrons. The molecule has 1 aromatic heterocycles. The third kappa shape index (κ3) is 3.45. The lowest BCUT2D eigenvalue weighted by Crippen LogP contribution is -2.19. The lowest BCUT2D eigenvalue weighted by atomic mass is 10.1. The van der Waals surface area contributed by atoms with E-state index in [1.165, 1.54) is 0 Å². The minimum absolute atomic E-state index is 0.478. The summed E-state index contributed by atoms with van der Waals surface area (Å²) < 4.78 is 7.14. The summed E-state index contributed by atoms with van der Waals surface area (Å²) in [6, 6.07) is 26.8. The van der Waals surface area contributed by atoms with Gasteiger partial charge in [-0.25, -0.2) is 14.3 Å². The van der Waals surface area contributed by atoms with Gasteiger partial charge in [-0.2, -0.15) is 0 Å². The van der Waals surface area contributed by atoms with Crippen LogP contribution >= 0.6 is 0 Å². The molecule has 3 aromatic carbocycles. The fourth-order valence-corrected chi connectivity index (χ4v) is 3.21. The second-order valence-corrected chi connectivity index (χ2v) is 6.62. The largest absolute Gasteiger partial charge is 0.425 e. The molecular weight excluding hydrogens is 348 g/mol. The lowest BCUT2D eigenvalue weighted by molar-refractivity contribution is 0.202. The van der Waals surface area contributed by atoms with E-state index in [1.807, 2.05) is 80.6 Å². The van der Waals surface area contributed by atoms with Gasteiger partial charge in [-0.15, -0.1) is 0 Å². The van der Waals surface area contributed by atoms with Gasteiger partial charge in [-0.1, -0.05) is 72.3 Å². The SMILES string of the molecule is Cc1cccc(-c2nc(-c3ccccc3)n(C(=O)Oc3ccccc3)c2C)c1. The molecule has 28 heavy (non-hydrogen) atoms. The number of imidazole rings is 1. The third-order valence-electron chi connectivity index (χ3n) is 4.56. The van der Waals surface area contributed by atoms with Gasteiger partial charge in [0, 0.05) is 11.1 Å². The number of nitrogens with zero attached hydrogens (tertiary/aromatic N) is 2. The first-order valence-corrected chi connectivity index (χ1v) is 9.12. The molecule has 0 fully saturated rings. The summed E-state index contributed by atoms with van der Waals surface area (Å²) in [6.07, 6.45) is -0.478. The van der Waals surface area contributed by atoms with Gasteiger partial charge >= 0.3 is 6.09 Å². The van der Waals surface area contributed by atoms with Crippen molar-refractivity contribution >= 4 is 6.09 Å². The van der Waals surface area contributed by atoms with Crippen LogP contribution in [0.1, 0.15) is 11.3 Å². The predicted molar refractivity (Wildman–Crippen MR) is 110 cm³/mol. The monoisotopic (exact) mass is 368 g/mol. The van der Waals surface area contributed by atoms with E-state index in [0.29, 0.717) is 11.6 Å². The number of carbonyl (C=O) groups excluding carboxylic acids is 1. The Morgan fingerprint density at radius 2 is 1.46 bits per heavy atom. The fraction of sp³-hybridized carbons (Fsp3) is 0.0833. The fourth-order valence-electron chi connectivity index (χ4n) is 3.21. The smallest absolute Gasteiger partial charge is 0.410 e. The van der Waals surface area contributed by atoms with E-state index in [2.05, 4.69) is 6.07 Å². The van der Waals surface area contributed by atoms with Gasteiger partial charge in [0.25, 0.3) is 0 Å². The minimum atomic E-state index is -0.478. The molecule has 0 bridgehead atoms. The quantitative estimate of drug-likeness (QED) is 0.453. The molecule has 0 N–H and O–H groups in total. The normalized spacial score (nSPS) is 10.6. The molecule has 0 amide bonds. The summed E-state index contributed by atoms with van der Waals surface area (Å²) in [4.78, 5) is 17.9. The van der Waals surface area contributed by atoms with E-state index in [4.69, 9.17) is 9.72 Å². The number of hydrogen-bond acceptors (Lipinski definition) is 3. The number of para-hydroxylation sites is 1. The highest BCUT2D eigenvalue weighted by Crippen LogP contribution is 2.30. The van der Waals surface area contributed by atoms with Crippen molar-refractivity contribution in [2.75, 3.05) is 0 Å². The number of rotatable bonds is 3. The van der Waals surface area contributed by atoms with Crippen molar-refractivity contribution in [3.63, 3.8) is 0 Å². The zero-order chi connectivity index (χ0) is 19.5. The second kappa shape index (κ2) is 7.53. The molecule has 4 aromatic rings. The number of carbonyl (C=O) groups is 1. The van der Waals surface area contributed by atoms with Crippen LogP contribution in [0.3, 0.4) is 0 Å².